The van der Waals surface area contributed by atoms with E-state index in [0.717, 1.165) is 24.5 Å². The lowest BCUT2D eigenvalue weighted by atomic mass is 10.1. The first kappa shape index (κ1) is 21.2. The van der Waals surface area contributed by atoms with Crippen LogP contribution in [0.25, 0.3) is 0 Å². The highest BCUT2D eigenvalue weighted by Crippen LogP contribution is 2.34. The normalized spacial score (nSPS) is 17.9. The second-order valence-corrected chi connectivity index (χ2v) is 9.73. The molecule has 1 aliphatic carbocycles. The molecule has 2 heterocycles. The number of nitrogens with one attached hydrogen (secondary N) is 1. The molecule has 0 bridgehead atoms. The minimum atomic E-state index is -3.31. The third-order valence-corrected chi connectivity index (χ3v) is 5.68. The number of rotatable bonds is 8. The van der Waals surface area contributed by atoms with Gasteiger partial charge in [-0.05, 0) is 30.9 Å². The Kier molecular flexibility index (Phi) is 5.90. The lowest BCUT2D eigenvalue weighted by molar-refractivity contribution is 0.0937. The highest BCUT2D eigenvalue weighted by molar-refractivity contribution is 7.93. The summed E-state index contributed by atoms with van der Waals surface area (Å²) in [5.74, 6) is 0.538. The van der Waals surface area contributed by atoms with E-state index in [4.69, 9.17) is 4.74 Å². The van der Waals surface area contributed by atoms with Crippen LogP contribution in [0.5, 0.6) is 11.6 Å². The second kappa shape index (κ2) is 8.62. The van der Waals surface area contributed by atoms with E-state index >= 15 is 0 Å². The molecule has 0 spiro atoms. The number of anilines is 1. The fraction of sp³-hybridized carbons (Fsp3) is 0.381. The van der Waals surface area contributed by atoms with E-state index in [1.807, 2.05) is 6.07 Å². The molecule has 1 saturated heterocycles. The smallest absolute Gasteiger partial charge is 0.258 e. The van der Waals surface area contributed by atoms with E-state index in [9.17, 15) is 17.6 Å². The molecule has 1 amide bonds. The number of hydrogen-bond donors (Lipinski definition) is 1. The Bertz CT molecular complexity index is 1080. The van der Waals surface area contributed by atoms with Crippen LogP contribution in [0.4, 0.5) is 10.3 Å². The van der Waals surface area contributed by atoms with Gasteiger partial charge in [-0.1, -0.05) is 24.3 Å². The van der Waals surface area contributed by atoms with Crippen molar-refractivity contribution in [3.05, 3.63) is 53.6 Å². The van der Waals surface area contributed by atoms with Crippen molar-refractivity contribution in [3.8, 4) is 11.6 Å². The summed E-state index contributed by atoms with van der Waals surface area (Å²) < 4.78 is 42.0. The largest absolute Gasteiger partial charge is 0.438 e. The van der Waals surface area contributed by atoms with Crippen LogP contribution >= 0.6 is 0 Å². The Balaban J connectivity index is 1.59. The maximum Gasteiger partial charge on any atom is 0.258 e. The van der Waals surface area contributed by atoms with E-state index in [2.05, 4.69) is 15.3 Å². The molecule has 1 atom stereocenters. The molecule has 2 fully saturated rings. The molecule has 0 radical (unpaired) electrons. The lowest BCUT2D eigenvalue weighted by Gasteiger charge is -2.34. The van der Waals surface area contributed by atoms with Gasteiger partial charge in [-0.2, -0.15) is 4.98 Å². The summed E-state index contributed by atoms with van der Waals surface area (Å²) in [5, 5.41) is 3.96. The van der Waals surface area contributed by atoms with Crippen molar-refractivity contribution in [3.63, 3.8) is 0 Å². The standard InChI is InChI=1S/C21H23FN4O4S/c1-31(28,29)10-9-18(14-7-8-14)24-19(27)17-11-23-21(26-12-15(22)13-26)25-20(17)30-16-5-3-2-4-6-16/h2-6,9-11,14-15,18H,7-8,12-13H2,1H3,(H,24,27)/b10-9+/t18-/m1/s1. The molecular weight excluding hydrogens is 423 g/mol. The topological polar surface area (TPSA) is 101 Å². The maximum absolute atomic E-state index is 13.2. The zero-order chi connectivity index (χ0) is 22.0. The summed E-state index contributed by atoms with van der Waals surface area (Å²) in [6.07, 6.45) is 4.84. The third-order valence-electron chi connectivity index (χ3n) is 5.02. The quantitative estimate of drug-likeness (QED) is 0.665. The maximum atomic E-state index is 13.2. The molecule has 1 aromatic carbocycles. The predicted molar refractivity (Wildman–Crippen MR) is 114 cm³/mol. The van der Waals surface area contributed by atoms with Crippen molar-refractivity contribution in [1.29, 1.82) is 0 Å². The molecule has 1 N–H and O–H groups in total. The average molecular weight is 447 g/mol. The monoisotopic (exact) mass is 446 g/mol. The van der Waals surface area contributed by atoms with E-state index in [1.165, 1.54) is 12.3 Å². The SMILES string of the molecule is CS(=O)(=O)/C=C/[C@@H](NC(=O)c1cnc(N2CC(F)C2)nc1Oc1ccccc1)C1CC1. The van der Waals surface area contributed by atoms with Gasteiger partial charge in [0.05, 0.1) is 19.1 Å². The number of halogens is 1. The van der Waals surface area contributed by atoms with Crippen molar-refractivity contribution in [2.75, 3.05) is 24.2 Å². The van der Waals surface area contributed by atoms with Gasteiger partial charge in [0.2, 0.25) is 11.8 Å². The summed E-state index contributed by atoms with van der Waals surface area (Å²) in [7, 11) is -3.31. The van der Waals surface area contributed by atoms with Crippen LogP contribution in [-0.2, 0) is 9.84 Å². The third kappa shape index (κ3) is 5.57. The molecule has 2 aromatic rings. The first-order valence-electron chi connectivity index (χ1n) is 9.96. The Labute approximate surface area is 180 Å². The fourth-order valence-corrected chi connectivity index (χ4v) is 3.62. The summed E-state index contributed by atoms with van der Waals surface area (Å²) in [6.45, 7) is 0.382. The number of carbonyl (C=O) groups excluding carboxylic acids is 1. The van der Waals surface area contributed by atoms with Gasteiger partial charge in [0, 0.05) is 17.9 Å². The molecule has 8 nitrogen and oxygen atoms in total. The van der Waals surface area contributed by atoms with E-state index in [-0.39, 0.29) is 36.4 Å². The van der Waals surface area contributed by atoms with Gasteiger partial charge in [0.15, 0.2) is 9.84 Å². The van der Waals surface area contributed by atoms with Crippen LogP contribution in [0.3, 0.4) is 0 Å². The number of alkyl halides is 1. The Hall–Kier alpha value is -3.01. The van der Waals surface area contributed by atoms with Crippen LogP contribution in [0.15, 0.2) is 48.0 Å². The highest BCUT2D eigenvalue weighted by Gasteiger charge is 2.33. The summed E-state index contributed by atoms with van der Waals surface area (Å²) in [4.78, 5) is 23.2. The molecule has 1 aromatic heterocycles. The molecule has 0 unspecified atom stereocenters. The number of sulfone groups is 1. The van der Waals surface area contributed by atoms with Crippen molar-refractivity contribution in [2.45, 2.75) is 25.1 Å². The number of ether oxygens (including phenoxy) is 1. The first-order chi connectivity index (χ1) is 14.8. The highest BCUT2D eigenvalue weighted by atomic mass is 32.2. The lowest BCUT2D eigenvalue weighted by Crippen LogP contribution is -2.49. The Morgan fingerprint density at radius 3 is 2.61 bits per heavy atom. The van der Waals surface area contributed by atoms with Gasteiger partial charge >= 0.3 is 0 Å². The van der Waals surface area contributed by atoms with Crippen molar-refractivity contribution in [1.82, 2.24) is 15.3 Å². The van der Waals surface area contributed by atoms with E-state index < -0.39 is 28.0 Å². The molecule has 4 rings (SSSR count). The van der Waals surface area contributed by atoms with Crippen LogP contribution in [0.2, 0.25) is 0 Å². The Morgan fingerprint density at radius 2 is 2.00 bits per heavy atom. The average Bonchev–Trinajstić information content (AvgIpc) is 3.54. The van der Waals surface area contributed by atoms with Crippen molar-refractivity contribution in [2.24, 2.45) is 5.92 Å². The minimum absolute atomic E-state index is 0.0534. The van der Waals surface area contributed by atoms with Crippen molar-refractivity contribution >= 4 is 21.7 Å². The molecule has 164 valence electrons. The number of amides is 1. The Morgan fingerprint density at radius 1 is 1.29 bits per heavy atom. The van der Waals surface area contributed by atoms with Gasteiger partial charge in [-0.15, -0.1) is 0 Å². The van der Waals surface area contributed by atoms with Crippen LogP contribution in [-0.4, -0.2) is 55.9 Å². The number of carbonyl (C=O) groups is 1. The molecule has 10 heteroatoms. The molecule has 1 saturated carbocycles. The van der Waals surface area contributed by atoms with Gasteiger partial charge < -0.3 is 15.0 Å². The van der Waals surface area contributed by atoms with Crippen LogP contribution in [0, 0.1) is 5.92 Å². The molecule has 31 heavy (non-hydrogen) atoms. The zero-order valence-electron chi connectivity index (χ0n) is 16.9. The summed E-state index contributed by atoms with van der Waals surface area (Å²) in [6, 6.07) is 8.45. The zero-order valence-corrected chi connectivity index (χ0v) is 17.8. The number of hydrogen-bond acceptors (Lipinski definition) is 7. The number of para-hydroxylation sites is 1. The second-order valence-electron chi connectivity index (χ2n) is 7.80. The van der Waals surface area contributed by atoms with Crippen LogP contribution in [0.1, 0.15) is 23.2 Å². The summed E-state index contributed by atoms with van der Waals surface area (Å²) >= 11 is 0. The van der Waals surface area contributed by atoms with E-state index in [1.54, 1.807) is 29.2 Å². The van der Waals surface area contributed by atoms with Crippen molar-refractivity contribution < 1.29 is 22.3 Å². The first-order valence-corrected chi connectivity index (χ1v) is 11.9. The molecular formula is C21H23FN4O4S. The van der Waals surface area contributed by atoms with Crippen LogP contribution < -0.4 is 15.0 Å². The molecule has 1 aliphatic heterocycles. The van der Waals surface area contributed by atoms with E-state index in [0.29, 0.717) is 5.75 Å². The fourth-order valence-electron chi connectivity index (χ4n) is 3.17. The number of nitrogens with zero attached hydrogens (tertiary/aromatic N) is 3. The minimum Gasteiger partial charge on any atom is -0.438 e. The number of benzene rings is 1. The van der Waals surface area contributed by atoms with Gasteiger partial charge in [0.25, 0.3) is 5.91 Å². The van der Waals surface area contributed by atoms with Gasteiger partial charge in [-0.25, -0.2) is 17.8 Å². The molecule has 2 aliphatic rings. The van der Waals surface area contributed by atoms with Gasteiger partial charge in [-0.3, -0.25) is 4.79 Å². The predicted octanol–water partition coefficient (Wildman–Crippen LogP) is 2.49. The van der Waals surface area contributed by atoms with Gasteiger partial charge in [0.1, 0.15) is 17.5 Å². The number of aromatic nitrogens is 2. The summed E-state index contributed by atoms with van der Waals surface area (Å²) in [5.41, 5.74) is 0.114.